The fourth-order valence-electron chi connectivity index (χ4n) is 1.35. The molecule has 2 heterocycles. The highest BCUT2D eigenvalue weighted by molar-refractivity contribution is 7.99. The fourth-order valence-corrected chi connectivity index (χ4v) is 2.19. The summed E-state index contributed by atoms with van der Waals surface area (Å²) in [6, 6.07) is 9.92. The van der Waals surface area contributed by atoms with Crippen LogP contribution in [0.5, 0.6) is 0 Å². The van der Waals surface area contributed by atoms with Gasteiger partial charge in [0, 0.05) is 18.9 Å². The smallest absolute Gasteiger partial charge is 0.107 e. The summed E-state index contributed by atoms with van der Waals surface area (Å²) in [4.78, 5) is 8.65. The van der Waals surface area contributed by atoms with Gasteiger partial charge >= 0.3 is 0 Å². The van der Waals surface area contributed by atoms with Crippen molar-refractivity contribution in [3.8, 4) is 0 Å². The van der Waals surface area contributed by atoms with Gasteiger partial charge in [0.1, 0.15) is 10.1 Å². The standard InChI is InChI=1S/C12H13N3S/c1-13-9-10-5-4-8-15-12(10)16-11-6-2-3-7-14-11/h2-8,13H,9H2,1H3. The lowest BCUT2D eigenvalue weighted by Gasteiger charge is -2.06. The zero-order valence-corrected chi connectivity index (χ0v) is 9.87. The summed E-state index contributed by atoms with van der Waals surface area (Å²) in [7, 11) is 1.93. The quantitative estimate of drug-likeness (QED) is 0.876. The molecule has 4 heteroatoms. The van der Waals surface area contributed by atoms with E-state index >= 15 is 0 Å². The Hall–Kier alpha value is -1.39. The Morgan fingerprint density at radius 2 is 2.00 bits per heavy atom. The van der Waals surface area contributed by atoms with E-state index in [1.165, 1.54) is 5.56 Å². The minimum Gasteiger partial charge on any atom is -0.316 e. The third-order valence-corrected chi connectivity index (χ3v) is 3.07. The molecule has 0 radical (unpaired) electrons. The van der Waals surface area contributed by atoms with E-state index in [1.807, 2.05) is 37.5 Å². The average molecular weight is 231 g/mol. The Morgan fingerprint density at radius 1 is 1.12 bits per heavy atom. The SMILES string of the molecule is CNCc1cccnc1Sc1ccccn1. The molecule has 0 aliphatic heterocycles. The first-order chi connectivity index (χ1) is 7.90. The zero-order chi connectivity index (χ0) is 11.2. The molecule has 16 heavy (non-hydrogen) atoms. The highest BCUT2D eigenvalue weighted by atomic mass is 32.2. The lowest BCUT2D eigenvalue weighted by molar-refractivity contribution is 0.789. The Labute approximate surface area is 99.3 Å². The number of pyridine rings is 2. The first-order valence-corrected chi connectivity index (χ1v) is 5.89. The van der Waals surface area contributed by atoms with Gasteiger partial charge in [-0.05, 0) is 42.6 Å². The molecule has 0 fully saturated rings. The van der Waals surface area contributed by atoms with E-state index in [4.69, 9.17) is 0 Å². The van der Waals surface area contributed by atoms with Crippen LogP contribution < -0.4 is 5.32 Å². The number of hydrogen-bond donors (Lipinski definition) is 1. The van der Waals surface area contributed by atoms with Crippen LogP contribution in [-0.4, -0.2) is 17.0 Å². The Bertz CT molecular complexity index is 445. The summed E-state index contributed by atoms with van der Waals surface area (Å²) in [5.41, 5.74) is 1.20. The summed E-state index contributed by atoms with van der Waals surface area (Å²) in [5, 5.41) is 5.12. The maximum Gasteiger partial charge on any atom is 0.107 e. The van der Waals surface area contributed by atoms with Crippen LogP contribution in [0.2, 0.25) is 0 Å². The molecule has 0 saturated heterocycles. The summed E-state index contributed by atoms with van der Waals surface area (Å²) in [5.74, 6) is 0. The van der Waals surface area contributed by atoms with Crippen LogP contribution in [0.15, 0.2) is 52.8 Å². The summed E-state index contributed by atoms with van der Waals surface area (Å²) < 4.78 is 0. The van der Waals surface area contributed by atoms with Crippen molar-refractivity contribution in [1.29, 1.82) is 0 Å². The van der Waals surface area contributed by atoms with Crippen LogP contribution in [0.4, 0.5) is 0 Å². The van der Waals surface area contributed by atoms with Crippen molar-refractivity contribution in [1.82, 2.24) is 15.3 Å². The van der Waals surface area contributed by atoms with E-state index in [0.29, 0.717) is 0 Å². The molecule has 1 N–H and O–H groups in total. The van der Waals surface area contributed by atoms with E-state index < -0.39 is 0 Å². The second-order valence-corrected chi connectivity index (χ2v) is 4.28. The molecule has 2 aromatic heterocycles. The molecule has 0 aliphatic carbocycles. The Morgan fingerprint density at radius 3 is 2.75 bits per heavy atom. The van der Waals surface area contributed by atoms with Gasteiger partial charge in [0.15, 0.2) is 0 Å². The van der Waals surface area contributed by atoms with E-state index in [-0.39, 0.29) is 0 Å². The van der Waals surface area contributed by atoms with Gasteiger partial charge in [0.25, 0.3) is 0 Å². The second kappa shape index (κ2) is 5.63. The third-order valence-electron chi connectivity index (χ3n) is 2.06. The van der Waals surface area contributed by atoms with E-state index in [2.05, 4.69) is 21.4 Å². The molecule has 0 atom stereocenters. The zero-order valence-electron chi connectivity index (χ0n) is 9.05. The van der Waals surface area contributed by atoms with E-state index in [1.54, 1.807) is 18.0 Å². The van der Waals surface area contributed by atoms with Crippen molar-refractivity contribution in [3.05, 3.63) is 48.3 Å². The third kappa shape index (κ3) is 2.81. The van der Waals surface area contributed by atoms with Gasteiger partial charge in [-0.1, -0.05) is 12.1 Å². The number of nitrogens with one attached hydrogen (secondary N) is 1. The fraction of sp³-hybridized carbons (Fsp3) is 0.167. The van der Waals surface area contributed by atoms with E-state index in [0.717, 1.165) is 16.6 Å². The highest BCUT2D eigenvalue weighted by Gasteiger charge is 2.04. The van der Waals surface area contributed by atoms with Gasteiger partial charge in [-0.2, -0.15) is 0 Å². The van der Waals surface area contributed by atoms with Crippen molar-refractivity contribution >= 4 is 11.8 Å². The van der Waals surface area contributed by atoms with Gasteiger partial charge in [0.2, 0.25) is 0 Å². The molecule has 0 amide bonds. The predicted molar refractivity (Wildman–Crippen MR) is 65.4 cm³/mol. The lowest BCUT2D eigenvalue weighted by atomic mass is 10.3. The monoisotopic (exact) mass is 231 g/mol. The van der Waals surface area contributed by atoms with Crippen molar-refractivity contribution in [2.75, 3.05) is 7.05 Å². The van der Waals surface area contributed by atoms with Gasteiger partial charge < -0.3 is 5.32 Å². The largest absolute Gasteiger partial charge is 0.316 e. The van der Waals surface area contributed by atoms with Crippen LogP contribution in [0.3, 0.4) is 0 Å². The normalized spacial score (nSPS) is 10.3. The first kappa shape index (κ1) is 11.1. The predicted octanol–water partition coefficient (Wildman–Crippen LogP) is 2.35. The van der Waals surface area contributed by atoms with Crippen molar-refractivity contribution in [2.45, 2.75) is 16.6 Å². The van der Waals surface area contributed by atoms with Gasteiger partial charge in [-0.3, -0.25) is 0 Å². The molecule has 0 unspecified atom stereocenters. The molecular formula is C12H13N3S. The maximum atomic E-state index is 4.38. The molecule has 82 valence electrons. The Balaban J connectivity index is 2.21. The van der Waals surface area contributed by atoms with Gasteiger partial charge in [-0.15, -0.1) is 0 Å². The molecule has 0 saturated carbocycles. The molecule has 3 nitrogen and oxygen atoms in total. The summed E-state index contributed by atoms with van der Waals surface area (Å²) in [6.45, 7) is 0.822. The molecule has 2 aromatic rings. The number of rotatable bonds is 4. The topological polar surface area (TPSA) is 37.8 Å². The highest BCUT2D eigenvalue weighted by Crippen LogP contribution is 2.26. The molecule has 0 bridgehead atoms. The summed E-state index contributed by atoms with van der Waals surface area (Å²) in [6.07, 6.45) is 3.60. The van der Waals surface area contributed by atoms with Crippen LogP contribution in [0.1, 0.15) is 5.56 Å². The van der Waals surface area contributed by atoms with Crippen LogP contribution in [0.25, 0.3) is 0 Å². The van der Waals surface area contributed by atoms with Crippen LogP contribution in [0, 0.1) is 0 Å². The number of hydrogen-bond acceptors (Lipinski definition) is 4. The van der Waals surface area contributed by atoms with Crippen LogP contribution in [-0.2, 0) is 6.54 Å². The van der Waals surface area contributed by atoms with Gasteiger partial charge in [0.05, 0.1) is 0 Å². The molecule has 0 spiro atoms. The minimum atomic E-state index is 0.822. The maximum absolute atomic E-state index is 4.38. The second-order valence-electron chi connectivity index (χ2n) is 3.27. The van der Waals surface area contributed by atoms with E-state index in [9.17, 15) is 0 Å². The summed E-state index contributed by atoms with van der Waals surface area (Å²) >= 11 is 1.59. The Kier molecular flexibility index (Phi) is 3.91. The average Bonchev–Trinajstić information content (AvgIpc) is 2.33. The lowest BCUT2D eigenvalue weighted by Crippen LogP contribution is -2.06. The molecule has 0 aliphatic rings. The van der Waals surface area contributed by atoms with Crippen molar-refractivity contribution in [2.24, 2.45) is 0 Å². The number of aromatic nitrogens is 2. The molecular weight excluding hydrogens is 218 g/mol. The van der Waals surface area contributed by atoms with Crippen molar-refractivity contribution in [3.63, 3.8) is 0 Å². The van der Waals surface area contributed by atoms with Crippen LogP contribution >= 0.6 is 11.8 Å². The first-order valence-electron chi connectivity index (χ1n) is 5.07. The molecule has 0 aromatic carbocycles. The minimum absolute atomic E-state index is 0.822. The number of nitrogens with zero attached hydrogens (tertiary/aromatic N) is 2. The van der Waals surface area contributed by atoms with Gasteiger partial charge in [-0.25, -0.2) is 9.97 Å². The molecule has 2 rings (SSSR count). The van der Waals surface area contributed by atoms with Crippen molar-refractivity contribution < 1.29 is 0 Å².